The standard InChI is InChI=1S/C40H50N4/c1-5-9-25-43(26-10-6-2)39-21-13-33(14-22-39)29-37(31-41)35-17-19-36(20-18-35)38(32-42)30-34-15-23-40(24-16-34)44(27-11-7-3)28-12-8-4/h13-24,29-30H,5-12,25-28H2,1-4H3/b37-29-,38-30+. The molecule has 0 N–H and O–H groups in total. The Morgan fingerprint density at radius 1 is 0.500 bits per heavy atom. The third kappa shape index (κ3) is 10.5. The van der Waals surface area contributed by atoms with Gasteiger partial charge < -0.3 is 9.80 Å². The zero-order chi connectivity index (χ0) is 31.6. The van der Waals surface area contributed by atoms with Crippen LogP contribution in [0.4, 0.5) is 11.4 Å². The summed E-state index contributed by atoms with van der Waals surface area (Å²) in [5.74, 6) is 0. The first-order valence-corrected chi connectivity index (χ1v) is 16.6. The van der Waals surface area contributed by atoms with Gasteiger partial charge in [-0.3, -0.25) is 0 Å². The molecular formula is C40H50N4. The van der Waals surface area contributed by atoms with Crippen LogP contribution in [0.2, 0.25) is 0 Å². The van der Waals surface area contributed by atoms with Crippen molar-refractivity contribution < 1.29 is 0 Å². The number of hydrogen-bond acceptors (Lipinski definition) is 4. The Balaban J connectivity index is 1.75. The van der Waals surface area contributed by atoms with E-state index in [1.807, 2.05) is 36.4 Å². The highest BCUT2D eigenvalue weighted by Gasteiger charge is 2.09. The zero-order valence-electron chi connectivity index (χ0n) is 27.4. The maximum absolute atomic E-state index is 9.96. The fraction of sp³-hybridized carbons (Fsp3) is 0.400. The number of nitriles is 2. The third-order valence-corrected chi connectivity index (χ3v) is 8.01. The predicted molar refractivity (Wildman–Crippen MR) is 190 cm³/mol. The van der Waals surface area contributed by atoms with Crippen LogP contribution in [0.25, 0.3) is 23.3 Å². The van der Waals surface area contributed by atoms with Crippen LogP contribution in [0.15, 0.2) is 72.8 Å². The van der Waals surface area contributed by atoms with E-state index in [4.69, 9.17) is 0 Å². The Morgan fingerprint density at radius 2 is 0.795 bits per heavy atom. The molecule has 0 aliphatic rings. The minimum atomic E-state index is 0.604. The monoisotopic (exact) mass is 586 g/mol. The summed E-state index contributed by atoms with van der Waals surface area (Å²) in [4.78, 5) is 4.93. The summed E-state index contributed by atoms with van der Waals surface area (Å²) < 4.78 is 0. The Hall–Kier alpha value is -4.28. The van der Waals surface area contributed by atoms with Gasteiger partial charge in [-0.25, -0.2) is 0 Å². The van der Waals surface area contributed by atoms with Crippen LogP contribution < -0.4 is 9.80 Å². The molecule has 0 spiro atoms. The first kappa shape index (κ1) is 34.2. The minimum absolute atomic E-state index is 0.604. The molecule has 0 aliphatic carbocycles. The molecule has 0 bridgehead atoms. The lowest BCUT2D eigenvalue weighted by Crippen LogP contribution is -2.25. The molecule has 3 aromatic carbocycles. The average Bonchev–Trinajstić information content (AvgIpc) is 3.07. The van der Waals surface area contributed by atoms with E-state index >= 15 is 0 Å². The second-order valence-corrected chi connectivity index (χ2v) is 11.5. The van der Waals surface area contributed by atoms with Gasteiger partial charge in [0.1, 0.15) is 0 Å². The maximum atomic E-state index is 9.96. The molecule has 0 saturated heterocycles. The minimum Gasteiger partial charge on any atom is -0.372 e. The average molecular weight is 587 g/mol. The summed E-state index contributed by atoms with van der Waals surface area (Å²) in [5.41, 5.74) is 7.38. The number of nitrogens with zero attached hydrogens (tertiary/aromatic N) is 4. The predicted octanol–water partition coefficient (Wildman–Crippen LogP) is 10.6. The molecule has 4 nitrogen and oxygen atoms in total. The SMILES string of the molecule is CCCCN(CCCC)c1ccc(/C=C(\C#N)c2ccc(/C(C#N)=C\c3ccc(N(CCCC)CCCC)cc3)cc2)cc1. The van der Waals surface area contributed by atoms with Crippen molar-refractivity contribution in [1.29, 1.82) is 10.5 Å². The van der Waals surface area contributed by atoms with E-state index in [1.54, 1.807) is 0 Å². The Kier molecular flexibility index (Phi) is 14.8. The molecular weight excluding hydrogens is 536 g/mol. The topological polar surface area (TPSA) is 54.1 Å². The van der Waals surface area contributed by atoms with E-state index in [0.717, 1.165) is 48.4 Å². The van der Waals surface area contributed by atoms with Crippen LogP contribution in [-0.2, 0) is 0 Å². The van der Waals surface area contributed by atoms with Crippen molar-refractivity contribution in [2.45, 2.75) is 79.1 Å². The smallest absolute Gasteiger partial charge is 0.0998 e. The van der Waals surface area contributed by atoms with Gasteiger partial charge in [0.25, 0.3) is 0 Å². The van der Waals surface area contributed by atoms with E-state index in [1.165, 1.54) is 62.7 Å². The molecule has 44 heavy (non-hydrogen) atoms. The van der Waals surface area contributed by atoms with Gasteiger partial charge in [0.2, 0.25) is 0 Å². The molecule has 0 atom stereocenters. The van der Waals surface area contributed by atoms with Crippen molar-refractivity contribution in [3.8, 4) is 12.1 Å². The summed E-state index contributed by atoms with van der Waals surface area (Å²) in [6, 6.07) is 29.5. The largest absolute Gasteiger partial charge is 0.372 e. The lowest BCUT2D eigenvalue weighted by atomic mass is 9.98. The van der Waals surface area contributed by atoms with Crippen LogP contribution in [0.1, 0.15) is 101 Å². The second kappa shape index (κ2) is 19.1. The van der Waals surface area contributed by atoms with Crippen LogP contribution in [0.3, 0.4) is 0 Å². The highest BCUT2D eigenvalue weighted by molar-refractivity contribution is 5.92. The highest BCUT2D eigenvalue weighted by Crippen LogP contribution is 2.25. The lowest BCUT2D eigenvalue weighted by molar-refractivity contribution is 0.678. The number of allylic oxidation sites excluding steroid dienone is 2. The van der Waals surface area contributed by atoms with E-state index < -0.39 is 0 Å². The van der Waals surface area contributed by atoms with Gasteiger partial charge >= 0.3 is 0 Å². The first-order chi connectivity index (χ1) is 21.6. The molecule has 0 unspecified atom stereocenters. The van der Waals surface area contributed by atoms with Gasteiger partial charge in [0.15, 0.2) is 0 Å². The molecule has 3 aromatic rings. The molecule has 0 saturated carbocycles. The van der Waals surface area contributed by atoms with Gasteiger partial charge in [-0.15, -0.1) is 0 Å². The van der Waals surface area contributed by atoms with Gasteiger partial charge in [0.05, 0.1) is 23.3 Å². The van der Waals surface area contributed by atoms with Crippen LogP contribution in [-0.4, -0.2) is 26.2 Å². The number of hydrogen-bond donors (Lipinski definition) is 0. The fourth-order valence-corrected chi connectivity index (χ4v) is 5.22. The fourth-order valence-electron chi connectivity index (χ4n) is 5.22. The van der Waals surface area contributed by atoms with Gasteiger partial charge in [-0.1, -0.05) is 102 Å². The van der Waals surface area contributed by atoms with Crippen molar-refractivity contribution in [1.82, 2.24) is 0 Å². The van der Waals surface area contributed by atoms with Gasteiger partial charge in [-0.2, -0.15) is 10.5 Å². The maximum Gasteiger partial charge on any atom is 0.0998 e. The van der Waals surface area contributed by atoms with Crippen LogP contribution >= 0.6 is 0 Å². The van der Waals surface area contributed by atoms with Crippen LogP contribution in [0, 0.1) is 22.7 Å². The van der Waals surface area contributed by atoms with E-state index in [2.05, 4.69) is 98.2 Å². The van der Waals surface area contributed by atoms with Crippen molar-refractivity contribution in [3.05, 3.63) is 95.1 Å². The third-order valence-electron chi connectivity index (χ3n) is 8.01. The Bertz CT molecular complexity index is 1270. The van der Waals surface area contributed by atoms with E-state index in [9.17, 15) is 10.5 Å². The first-order valence-electron chi connectivity index (χ1n) is 16.6. The van der Waals surface area contributed by atoms with Crippen molar-refractivity contribution >= 4 is 34.7 Å². The van der Waals surface area contributed by atoms with Crippen molar-refractivity contribution in [2.75, 3.05) is 36.0 Å². The molecule has 0 fully saturated rings. The summed E-state index contributed by atoms with van der Waals surface area (Å²) in [6.45, 7) is 13.2. The zero-order valence-corrected chi connectivity index (χ0v) is 27.4. The Morgan fingerprint density at radius 3 is 1.05 bits per heavy atom. The molecule has 4 heteroatoms. The number of unbranched alkanes of at least 4 members (excludes halogenated alkanes) is 4. The van der Waals surface area contributed by atoms with Gasteiger partial charge in [-0.05, 0) is 84.4 Å². The van der Waals surface area contributed by atoms with Crippen molar-refractivity contribution in [3.63, 3.8) is 0 Å². The summed E-state index contributed by atoms with van der Waals surface area (Å²) in [6.07, 6.45) is 13.4. The summed E-state index contributed by atoms with van der Waals surface area (Å²) >= 11 is 0. The number of benzene rings is 3. The quantitative estimate of drug-likeness (QED) is 0.110. The number of anilines is 2. The molecule has 0 heterocycles. The molecule has 0 amide bonds. The molecule has 3 rings (SSSR count). The highest BCUT2D eigenvalue weighted by atomic mass is 15.1. The van der Waals surface area contributed by atoms with Crippen LogP contribution in [0.5, 0.6) is 0 Å². The van der Waals surface area contributed by atoms with Gasteiger partial charge in [0, 0.05) is 37.6 Å². The number of rotatable bonds is 18. The van der Waals surface area contributed by atoms with E-state index in [-0.39, 0.29) is 0 Å². The molecule has 0 radical (unpaired) electrons. The molecule has 0 aliphatic heterocycles. The molecule has 230 valence electrons. The second-order valence-electron chi connectivity index (χ2n) is 11.5. The van der Waals surface area contributed by atoms with E-state index in [0.29, 0.717) is 11.1 Å². The Labute approximate surface area is 266 Å². The lowest BCUT2D eigenvalue weighted by Gasteiger charge is -2.24. The summed E-state index contributed by atoms with van der Waals surface area (Å²) in [7, 11) is 0. The normalized spacial score (nSPS) is 11.6. The molecule has 0 aromatic heterocycles. The summed E-state index contributed by atoms with van der Waals surface area (Å²) in [5, 5.41) is 19.9. The van der Waals surface area contributed by atoms with Crippen molar-refractivity contribution in [2.24, 2.45) is 0 Å².